The predicted molar refractivity (Wildman–Crippen MR) is 82.6 cm³/mol. The van der Waals surface area contributed by atoms with E-state index < -0.39 is 0 Å². The van der Waals surface area contributed by atoms with Crippen molar-refractivity contribution in [1.29, 1.82) is 0 Å². The molecule has 2 unspecified atom stereocenters. The van der Waals surface area contributed by atoms with Crippen LogP contribution in [0.3, 0.4) is 0 Å². The summed E-state index contributed by atoms with van der Waals surface area (Å²) in [6.07, 6.45) is 6.42. The smallest absolute Gasteiger partial charge is 0.277 e. The second-order valence-electron chi connectivity index (χ2n) is 5.47. The average molecular weight is 305 g/mol. The average Bonchev–Trinajstić information content (AvgIpc) is 2.79. The van der Waals surface area contributed by atoms with Crippen LogP contribution in [0, 0.1) is 18.8 Å². The van der Waals surface area contributed by atoms with Crippen molar-refractivity contribution >= 4 is 23.2 Å². The van der Waals surface area contributed by atoms with Crippen molar-refractivity contribution < 1.29 is 9.53 Å². The molecule has 2 aliphatic carbocycles. The highest BCUT2D eigenvalue weighted by atomic mass is 35.5. The highest BCUT2D eigenvalue weighted by Crippen LogP contribution is 2.40. The summed E-state index contributed by atoms with van der Waals surface area (Å²) in [7, 11) is 0. The number of carbonyl (C=O) groups excluding carboxylic acids is 1. The second-order valence-corrected chi connectivity index (χ2v) is 5.91. The van der Waals surface area contributed by atoms with Gasteiger partial charge < -0.3 is 4.74 Å². The molecule has 2 aliphatic rings. The highest BCUT2D eigenvalue weighted by molar-refractivity contribution is 6.30. The molecular formula is C16H17ClN2O2. The van der Waals surface area contributed by atoms with Crippen molar-refractivity contribution in [3.05, 3.63) is 40.9 Å². The van der Waals surface area contributed by atoms with Gasteiger partial charge in [0.2, 0.25) is 0 Å². The third kappa shape index (κ3) is 3.10. The maximum atomic E-state index is 11.7. The Hall–Kier alpha value is -1.81. The van der Waals surface area contributed by atoms with Crippen LogP contribution in [0.25, 0.3) is 0 Å². The number of nitrogens with one attached hydrogen (secondary N) is 1. The fourth-order valence-corrected chi connectivity index (χ4v) is 2.97. The topological polar surface area (TPSA) is 50.7 Å². The molecule has 5 heteroatoms. The van der Waals surface area contributed by atoms with E-state index in [9.17, 15) is 4.79 Å². The third-order valence-electron chi connectivity index (χ3n) is 3.98. The Balaban J connectivity index is 1.47. The minimum absolute atomic E-state index is 0.0500. The van der Waals surface area contributed by atoms with Crippen molar-refractivity contribution in [2.24, 2.45) is 16.9 Å². The van der Waals surface area contributed by atoms with E-state index in [1.165, 1.54) is 0 Å². The Morgan fingerprint density at radius 3 is 3.14 bits per heavy atom. The maximum absolute atomic E-state index is 11.7. The summed E-state index contributed by atoms with van der Waals surface area (Å²) in [6, 6.07) is 5.30. The van der Waals surface area contributed by atoms with E-state index in [1.54, 1.807) is 18.2 Å². The van der Waals surface area contributed by atoms with E-state index in [0.29, 0.717) is 22.6 Å². The quantitative estimate of drug-likeness (QED) is 0.686. The lowest BCUT2D eigenvalue weighted by Crippen LogP contribution is -2.36. The lowest BCUT2D eigenvalue weighted by molar-refractivity contribution is -0.123. The van der Waals surface area contributed by atoms with Crippen LogP contribution in [0.15, 0.2) is 35.5 Å². The zero-order chi connectivity index (χ0) is 14.8. The van der Waals surface area contributed by atoms with E-state index in [2.05, 4.69) is 22.7 Å². The van der Waals surface area contributed by atoms with E-state index in [4.69, 9.17) is 16.3 Å². The van der Waals surface area contributed by atoms with Crippen LogP contribution >= 0.6 is 11.6 Å². The molecular weight excluding hydrogens is 288 g/mol. The van der Waals surface area contributed by atoms with Gasteiger partial charge in [0.05, 0.1) is 0 Å². The number of benzene rings is 1. The van der Waals surface area contributed by atoms with E-state index in [1.807, 2.05) is 6.92 Å². The molecule has 0 aromatic heterocycles. The molecule has 0 saturated heterocycles. The summed E-state index contributed by atoms with van der Waals surface area (Å²) < 4.78 is 5.47. The number of halogens is 1. The number of fused-ring (bicyclic) bond motifs is 1. The first-order valence-electron chi connectivity index (χ1n) is 7.04. The van der Waals surface area contributed by atoms with Gasteiger partial charge in [0.25, 0.3) is 5.91 Å². The molecule has 0 bridgehead atoms. The van der Waals surface area contributed by atoms with Crippen molar-refractivity contribution in [3.63, 3.8) is 0 Å². The van der Waals surface area contributed by atoms with Gasteiger partial charge in [-0.25, -0.2) is 5.43 Å². The molecule has 0 spiro atoms. The minimum Gasteiger partial charge on any atom is -0.483 e. The summed E-state index contributed by atoms with van der Waals surface area (Å²) in [5.41, 5.74) is 4.56. The Labute approximate surface area is 128 Å². The lowest BCUT2D eigenvalue weighted by Gasteiger charge is -2.31. The molecule has 1 saturated carbocycles. The number of rotatable bonds is 4. The standard InChI is InChI=1S/C16H17ClN2O2/c1-10-7-12(17)5-6-15(10)21-9-16(20)19-18-14-8-11-3-2-4-13(11)14/h2-3,5-7,11,13H,4,8-9H2,1H3,(H,19,20)/b18-14-. The zero-order valence-electron chi connectivity index (χ0n) is 11.8. The van der Waals surface area contributed by atoms with Crippen molar-refractivity contribution in [1.82, 2.24) is 5.43 Å². The molecule has 0 radical (unpaired) electrons. The summed E-state index contributed by atoms with van der Waals surface area (Å²) in [5, 5.41) is 4.85. The van der Waals surface area contributed by atoms with Crippen LogP contribution in [0.2, 0.25) is 5.02 Å². The van der Waals surface area contributed by atoms with Crippen LogP contribution in [0.4, 0.5) is 0 Å². The van der Waals surface area contributed by atoms with Crippen LogP contribution in [-0.4, -0.2) is 18.2 Å². The van der Waals surface area contributed by atoms with Crippen LogP contribution < -0.4 is 10.2 Å². The first-order valence-corrected chi connectivity index (χ1v) is 7.42. The van der Waals surface area contributed by atoms with Gasteiger partial charge in [-0.2, -0.15) is 5.10 Å². The van der Waals surface area contributed by atoms with Gasteiger partial charge in [0.1, 0.15) is 5.75 Å². The van der Waals surface area contributed by atoms with Gasteiger partial charge >= 0.3 is 0 Å². The summed E-state index contributed by atoms with van der Waals surface area (Å²) >= 11 is 5.87. The molecule has 1 aromatic carbocycles. The number of hydrogen-bond acceptors (Lipinski definition) is 3. The van der Waals surface area contributed by atoms with Gasteiger partial charge in [0.15, 0.2) is 6.61 Å². The number of nitrogens with zero attached hydrogens (tertiary/aromatic N) is 1. The van der Waals surface area contributed by atoms with Gasteiger partial charge in [-0.1, -0.05) is 23.8 Å². The largest absolute Gasteiger partial charge is 0.483 e. The molecule has 1 N–H and O–H groups in total. The fourth-order valence-electron chi connectivity index (χ4n) is 2.75. The summed E-state index contributed by atoms with van der Waals surface area (Å²) in [5.74, 6) is 1.55. The number of aryl methyl sites for hydroxylation is 1. The number of allylic oxidation sites excluding steroid dienone is 2. The molecule has 2 atom stereocenters. The first kappa shape index (κ1) is 14.1. The van der Waals surface area contributed by atoms with E-state index in [-0.39, 0.29) is 12.5 Å². The first-order chi connectivity index (χ1) is 10.1. The Kier molecular flexibility index (Phi) is 3.97. The predicted octanol–water partition coefficient (Wildman–Crippen LogP) is 3.10. The molecule has 1 fully saturated rings. The molecule has 110 valence electrons. The van der Waals surface area contributed by atoms with Gasteiger partial charge in [-0.05, 0) is 49.4 Å². The number of ether oxygens (including phenoxy) is 1. The molecule has 0 aliphatic heterocycles. The van der Waals surface area contributed by atoms with Crippen molar-refractivity contribution in [2.45, 2.75) is 19.8 Å². The van der Waals surface area contributed by atoms with Gasteiger partial charge in [-0.3, -0.25) is 4.79 Å². The van der Waals surface area contributed by atoms with Crippen molar-refractivity contribution in [2.75, 3.05) is 6.61 Å². The number of hydrazone groups is 1. The van der Waals surface area contributed by atoms with Crippen molar-refractivity contribution in [3.8, 4) is 5.75 Å². The molecule has 3 rings (SSSR count). The SMILES string of the molecule is Cc1cc(Cl)ccc1OCC(=O)N/N=C1/CC2C=CCC12. The highest BCUT2D eigenvalue weighted by Gasteiger charge is 2.37. The lowest BCUT2D eigenvalue weighted by atomic mass is 9.74. The number of amides is 1. The Morgan fingerprint density at radius 1 is 1.52 bits per heavy atom. The minimum atomic E-state index is -0.244. The Bertz CT molecular complexity index is 625. The van der Waals surface area contributed by atoms with Crippen LogP contribution in [0.1, 0.15) is 18.4 Å². The van der Waals surface area contributed by atoms with Gasteiger partial charge in [0, 0.05) is 16.7 Å². The maximum Gasteiger partial charge on any atom is 0.277 e. The molecule has 1 aromatic rings. The summed E-state index contributed by atoms with van der Waals surface area (Å²) in [4.78, 5) is 11.7. The fraction of sp³-hybridized carbons (Fsp3) is 0.375. The third-order valence-corrected chi connectivity index (χ3v) is 4.22. The number of hydrogen-bond donors (Lipinski definition) is 1. The number of carbonyl (C=O) groups is 1. The molecule has 21 heavy (non-hydrogen) atoms. The molecule has 4 nitrogen and oxygen atoms in total. The van der Waals surface area contributed by atoms with E-state index in [0.717, 1.165) is 24.1 Å². The Morgan fingerprint density at radius 2 is 2.38 bits per heavy atom. The molecule has 0 heterocycles. The second kappa shape index (κ2) is 5.90. The zero-order valence-corrected chi connectivity index (χ0v) is 12.6. The summed E-state index contributed by atoms with van der Waals surface area (Å²) in [6.45, 7) is 1.84. The molecule has 1 amide bonds. The van der Waals surface area contributed by atoms with Gasteiger partial charge in [-0.15, -0.1) is 0 Å². The van der Waals surface area contributed by atoms with Crippen LogP contribution in [-0.2, 0) is 4.79 Å². The van der Waals surface area contributed by atoms with Crippen LogP contribution in [0.5, 0.6) is 5.75 Å². The van der Waals surface area contributed by atoms with E-state index >= 15 is 0 Å². The normalized spacial score (nSPS) is 24.6. The monoisotopic (exact) mass is 304 g/mol.